The van der Waals surface area contributed by atoms with Crippen LogP contribution in [0.2, 0.25) is 0 Å². The molecule has 150 valence electrons. The topological polar surface area (TPSA) is 84.5 Å². The van der Waals surface area contributed by atoms with Gasteiger partial charge in [-0.15, -0.1) is 0 Å². The molecular formula is C21H19FN2O4S. The highest BCUT2D eigenvalue weighted by atomic mass is 32.2. The quantitative estimate of drug-likeness (QED) is 0.611. The summed E-state index contributed by atoms with van der Waals surface area (Å²) in [5, 5.41) is 2.73. The molecule has 3 aromatic carbocycles. The van der Waals surface area contributed by atoms with Crippen LogP contribution in [0.25, 0.3) is 0 Å². The fourth-order valence-electron chi connectivity index (χ4n) is 2.58. The fraction of sp³-hybridized carbons (Fsp3) is 0.0952. The van der Waals surface area contributed by atoms with Gasteiger partial charge >= 0.3 is 0 Å². The molecule has 0 radical (unpaired) electrons. The molecule has 2 N–H and O–H groups in total. The van der Waals surface area contributed by atoms with Crippen LogP contribution in [0.4, 0.5) is 15.8 Å². The van der Waals surface area contributed by atoms with E-state index < -0.39 is 15.9 Å². The first-order chi connectivity index (χ1) is 13.8. The molecule has 8 heteroatoms. The van der Waals surface area contributed by atoms with E-state index in [1.165, 1.54) is 24.3 Å². The van der Waals surface area contributed by atoms with E-state index in [0.717, 1.165) is 11.8 Å². The van der Waals surface area contributed by atoms with E-state index in [-0.39, 0.29) is 23.7 Å². The summed E-state index contributed by atoms with van der Waals surface area (Å²) in [7, 11) is -3.52. The van der Waals surface area contributed by atoms with Gasteiger partial charge in [-0.2, -0.15) is 0 Å². The van der Waals surface area contributed by atoms with Gasteiger partial charge in [0.1, 0.15) is 18.2 Å². The molecule has 0 saturated carbocycles. The molecule has 1 amide bonds. The third-order valence-corrected chi connectivity index (χ3v) is 4.47. The zero-order valence-corrected chi connectivity index (χ0v) is 16.4. The van der Waals surface area contributed by atoms with Gasteiger partial charge in [-0.3, -0.25) is 9.52 Å². The number of anilines is 2. The van der Waals surface area contributed by atoms with Gasteiger partial charge in [-0.25, -0.2) is 12.8 Å². The molecule has 0 aromatic heterocycles. The van der Waals surface area contributed by atoms with E-state index in [9.17, 15) is 17.6 Å². The predicted octanol–water partition coefficient (Wildman–Crippen LogP) is 4.03. The largest absolute Gasteiger partial charge is 0.489 e. The summed E-state index contributed by atoms with van der Waals surface area (Å²) < 4.78 is 44.0. The molecule has 0 heterocycles. The number of nitrogens with one attached hydrogen (secondary N) is 2. The maximum Gasteiger partial charge on any atom is 0.257 e. The Morgan fingerprint density at radius 2 is 1.72 bits per heavy atom. The molecule has 0 spiro atoms. The van der Waals surface area contributed by atoms with Crippen LogP contribution < -0.4 is 14.8 Å². The zero-order valence-electron chi connectivity index (χ0n) is 15.6. The van der Waals surface area contributed by atoms with Crippen molar-refractivity contribution in [2.24, 2.45) is 0 Å². The first kappa shape index (κ1) is 20.3. The molecule has 6 nitrogen and oxygen atoms in total. The number of halogens is 1. The van der Waals surface area contributed by atoms with Crippen LogP contribution in [-0.2, 0) is 16.6 Å². The zero-order chi connectivity index (χ0) is 20.9. The predicted molar refractivity (Wildman–Crippen MR) is 110 cm³/mol. The second-order valence-corrected chi connectivity index (χ2v) is 8.07. The van der Waals surface area contributed by atoms with Crippen LogP contribution in [0, 0.1) is 5.82 Å². The Morgan fingerprint density at radius 1 is 1.00 bits per heavy atom. The lowest BCUT2D eigenvalue weighted by molar-refractivity contribution is 0.102. The van der Waals surface area contributed by atoms with E-state index in [2.05, 4.69) is 10.0 Å². The van der Waals surface area contributed by atoms with Crippen LogP contribution >= 0.6 is 0 Å². The van der Waals surface area contributed by atoms with Crippen molar-refractivity contribution in [3.8, 4) is 5.75 Å². The minimum absolute atomic E-state index is 0.190. The monoisotopic (exact) mass is 414 g/mol. The molecule has 0 atom stereocenters. The van der Waals surface area contributed by atoms with Crippen LogP contribution in [-0.4, -0.2) is 20.6 Å². The number of carbonyl (C=O) groups excluding carboxylic acids is 1. The van der Waals surface area contributed by atoms with Gasteiger partial charge in [-0.1, -0.05) is 30.3 Å². The van der Waals surface area contributed by atoms with Crippen molar-refractivity contribution in [3.05, 3.63) is 89.7 Å². The summed E-state index contributed by atoms with van der Waals surface area (Å²) in [6.07, 6.45) is 1.02. The van der Waals surface area contributed by atoms with Crippen molar-refractivity contribution in [1.29, 1.82) is 0 Å². The lowest BCUT2D eigenvalue weighted by Gasteiger charge is -2.12. The number of hydrogen-bond donors (Lipinski definition) is 2. The molecule has 0 fully saturated rings. The Kier molecular flexibility index (Phi) is 6.13. The normalized spacial score (nSPS) is 11.0. The Balaban J connectivity index is 1.70. The molecular weight excluding hydrogens is 395 g/mol. The first-order valence-electron chi connectivity index (χ1n) is 8.66. The SMILES string of the molecule is CS(=O)(=O)Nc1ccccc1C(=O)Nc1cccc(OCc2ccc(F)cc2)c1. The van der Waals surface area contributed by atoms with Crippen LogP contribution in [0.5, 0.6) is 5.75 Å². The average Bonchev–Trinajstić information content (AvgIpc) is 2.67. The Labute approximate surface area is 168 Å². The summed E-state index contributed by atoms with van der Waals surface area (Å²) in [5.74, 6) is -0.258. The highest BCUT2D eigenvalue weighted by molar-refractivity contribution is 7.92. The van der Waals surface area contributed by atoms with E-state index in [1.807, 2.05) is 0 Å². The molecule has 0 aliphatic carbocycles. The number of hydrogen-bond acceptors (Lipinski definition) is 4. The Morgan fingerprint density at radius 3 is 2.45 bits per heavy atom. The van der Waals surface area contributed by atoms with E-state index in [4.69, 9.17) is 4.74 Å². The molecule has 3 rings (SSSR count). The van der Waals surface area contributed by atoms with E-state index in [0.29, 0.717) is 11.4 Å². The van der Waals surface area contributed by atoms with Crippen LogP contribution in [0.3, 0.4) is 0 Å². The highest BCUT2D eigenvalue weighted by Gasteiger charge is 2.14. The number of ether oxygens (including phenoxy) is 1. The summed E-state index contributed by atoms with van der Waals surface area (Å²) >= 11 is 0. The van der Waals surface area contributed by atoms with Crippen molar-refractivity contribution in [2.75, 3.05) is 16.3 Å². The Bertz CT molecular complexity index is 1120. The van der Waals surface area contributed by atoms with Gasteiger partial charge in [0.2, 0.25) is 10.0 Å². The summed E-state index contributed by atoms with van der Waals surface area (Å²) in [6.45, 7) is 0.249. The second-order valence-electron chi connectivity index (χ2n) is 6.32. The number of amides is 1. The summed E-state index contributed by atoms with van der Waals surface area (Å²) in [4.78, 5) is 12.6. The number of carbonyl (C=O) groups is 1. The van der Waals surface area contributed by atoms with Gasteiger partial charge in [0, 0.05) is 11.8 Å². The molecule has 0 unspecified atom stereocenters. The standard InChI is InChI=1S/C21H19FN2O4S/c1-29(26,27)24-20-8-3-2-7-19(20)21(25)23-17-5-4-6-18(13-17)28-14-15-9-11-16(22)12-10-15/h2-13,24H,14H2,1H3,(H,23,25). The molecule has 0 aliphatic heterocycles. The number of rotatable bonds is 7. The van der Waals surface area contributed by atoms with Crippen molar-refractivity contribution >= 4 is 27.3 Å². The number of benzene rings is 3. The third-order valence-electron chi connectivity index (χ3n) is 3.88. The molecule has 3 aromatic rings. The average molecular weight is 414 g/mol. The number of sulfonamides is 1. The highest BCUT2D eigenvalue weighted by Crippen LogP contribution is 2.22. The smallest absolute Gasteiger partial charge is 0.257 e. The molecule has 0 bridgehead atoms. The van der Waals surface area contributed by atoms with Crippen LogP contribution in [0.1, 0.15) is 15.9 Å². The van der Waals surface area contributed by atoms with E-state index >= 15 is 0 Å². The maximum absolute atomic E-state index is 13.0. The lowest BCUT2D eigenvalue weighted by atomic mass is 10.1. The van der Waals surface area contributed by atoms with Crippen molar-refractivity contribution < 1.29 is 22.3 Å². The molecule has 29 heavy (non-hydrogen) atoms. The summed E-state index contributed by atoms with van der Waals surface area (Å²) in [5.41, 5.74) is 1.68. The van der Waals surface area contributed by atoms with Gasteiger partial charge < -0.3 is 10.1 Å². The van der Waals surface area contributed by atoms with Crippen LogP contribution in [0.15, 0.2) is 72.8 Å². The fourth-order valence-corrected chi connectivity index (χ4v) is 3.16. The molecule has 0 aliphatic rings. The second kappa shape index (κ2) is 8.74. The van der Waals surface area contributed by atoms with Gasteiger partial charge in [-0.05, 0) is 42.0 Å². The summed E-state index contributed by atoms with van der Waals surface area (Å²) in [6, 6.07) is 19.1. The van der Waals surface area contributed by atoms with Crippen molar-refractivity contribution in [3.63, 3.8) is 0 Å². The minimum atomic E-state index is -3.52. The first-order valence-corrected chi connectivity index (χ1v) is 10.5. The molecule has 0 saturated heterocycles. The van der Waals surface area contributed by atoms with Gasteiger partial charge in [0.05, 0.1) is 17.5 Å². The van der Waals surface area contributed by atoms with Crippen molar-refractivity contribution in [2.45, 2.75) is 6.61 Å². The number of para-hydroxylation sites is 1. The van der Waals surface area contributed by atoms with Gasteiger partial charge in [0.15, 0.2) is 0 Å². The lowest BCUT2D eigenvalue weighted by Crippen LogP contribution is -2.17. The van der Waals surface area contributed by atoms with E-state index in [1.54, 1.807) is 48.5 Å². The third kappa shape index (κ3) is 6.05. The Hall–Kier alpha value is -3.39. The van der Waals surface area contributed by atoms with Gasteiger partial charge in [0.25, 0.3) is 5.91 Å². The minimum Gasteiger partial charge on any atom is -0.489 e. The van der Waals surface area contributed by atoms with Crippen molar-refractivity contribution in [1.82, 2.24) is 0 Å². The maximum atomic E-state index is 13.0.